The Morgan fingerprint density at radius 3 is 2.45 bits per heavy atom. The molecule has 0 atom stereocenters. The smallest absolute Gasteiger partial charge is 0.240 e. The van der Waals surface area contributed by atoms with Crippen molar-refractivity contribution in [2.24, 2.45) is 0 Å². The third-order valence-electron chi connectivity index (χ3n) is 4.43. The van der Waals surface area contributed by atoms with Gasteiger partial charge in [0.05, 0.1) is 18.6 Å². The summed E-state index contributed by atoms with van der Waals surface area (Å²) in [5, 5.41) is 6.18. The predicted molar refractivity (Wildman–Crippen MR) is 124 cm³/mol. The van der Waals surface area contributed by atoms with E-state index in [1.807, 2.05) is 31.2 Å². The molecule has 1 aromatic heterocycles. The van der Waals surface area contributed by atoms with Crippen LogP contribution in [0.15, 0.2) is 53.4 Å². The van der Waals surface area contributed by atoms with E-state index in [9.17, 15) is 12.8 Å². The van der Waals surface area contributed by atoms with Gasteiger partial charge in [-0.2, -0.15) is 4.98 Å². The molecule has 33 heavy (non-hydrogen) atoms. The number of hydrogen-bond acceptors (Lipinski definition) is 8. The maximum Gasteiger partial charge on any atom is 0.240 e. The molecule has 11 heteroatoms. The highest BCUT2D eigenvalue weighted by Crippen LogP contribution is 2.21. The van der Waals surface area contributed by atoms with E-state index in [4.69, 9.17) is 9.47 Å². The van der Waals surface area contributed by atoms with Crippen molar-refractivity contribution in [2.75, 3.05) is 37.4 Å². The second-order valence-electron chi connectivity index (χ2n) is 6.92. The lowest BCUT2D eigenvalue weighted by Gasteiger charge is -2.11. The number of nitrogens with one attached hydrogen (secondary N) is 3. The van der Waals surface area contributed by atoms with Crippen LogP contribution in [-0.4, -0.2) is 45.2 Å². The molecule has 0 unspecified atom stereocenters. The first-order valence-corrected chi connectivity index (χ1v) is 11.7. The standard InChI is InChI=1S/C22H26FN5O4S/c1-4-32-20-10-9-18(14-19(20)23)33(29,30)25-12-11-24-22-26-15(2)13-21(28-22)27-16-5-7-17(31-3)8-6-16/h5-10,13-14,25H,4,11-12H2,1-3H3,(H2,24,26,27,28). The summed E-state index contributed by atoms with van der Waals surface area (Å²) < 4.78 is 51.5. The predicted octanol–water partition coefficient (Wildman–Crippen LogP) is 3.47. The van der Waals surface area contributed by atoms with Gasteiger partial charge in [0.1, 0.15) is 11.6 Å². The Balaban J connectivity index is 1.57. The third-order valence-corrected chi connectivity index (χ3v) is 5.89. The molecule has 0 aliphatic rings. The Labute approximate surface area is 192 Å². The van der Waals surface area contributed by atoms with Gasteiger partial charge in [-0.1, -0.05) is 0 Å². The molecule has 0 saturated carbocycles. The van der Waals surface area contributed by atoms with E-state index in [0.29, 0.717) is 11.8 Å². The number of aryl methyl sites for hydroxylation is 1. The number of methoxy groups -OCH3 is 1. The highest BCUT2D eigenvalue weighted by atomic mass is 32.2. The lowest BCUT2D eigenvalue weighted by Crippen LogP contribution is -2.29. The average Bonchev–Trinajstić information content (AvgIpc) is 2.78. The molecular weight excluding hydrogens is 449 g/mol. The lowest BCUT2D eigenvalue weighted by molar-refractivity contribution is 0.321. The fraction of sp³-hybridized carbons (Fsp3) is 0.273. The van der Waals surface area contributed by atoms with Crippen LogP contribution < -0.4 is 24.8 Å². The Kier molecular flexibility index (Phi) is 8.01. The van der Waals surface area contributed by atoms with Gasteiger partial charge in [-0.05, 0) is 56.3 Å². The normalized spacial score (nSPS) is 11.2. The SMILES string of the molecule is CCOc1ccc(S(=O)(=O)NCCNc2nc(C)cc(Nc3ccc(OC)cc3)n2)cc1F. The Morgan fingerprint density at radius 1 is 1.03 bits per heavy atom. The zero-order chi connectivity index (χ0) is 23.8. The second kappa shape index (κ2) is 10.9. The number of benzene rings is 2. The topological polar surface area (TPSA) is 114 Å². The van der Waals surface area contributed by atoms with Gasteiger partial charge >= 0.3 is 0 Å². The molecule has 0 amide bonds. The monoisotopic (exact) mass is 475 g/mol. The quantitative estimate of drug-likeness (QED) is 0.361. The van der Waals surface area contributed by atoms with Gasteiger partial charge in [0, 0.05) is 30.5 Å². The van der Waals surface area contributed by atoms with Crippen LogP contribution in [0.2, 0.25) is 0 Å². The van der Waals surface area contributed by atoms with E-state index >= 15 is 0 Å². The van der Waals surface area contributed by atoms with Crippen LogP contribution in [0.3, 0.4) is 0 Å². The summed E-state index contributed by atoms with van der Waals surface area (Å²) in [7, 11) is -2.28. The zero-order valence-electron chi connectivity index (χ0n) is 18.6. The van der Waals surface area contributed by atoms with E-state index in [-0.39, 0.29) is 30.3 Å². The third kappa shape index (κ3) is 6.77. The van der Waals surface area contributed by atoms with E-state index in [1.165, 1.54) is 12.1 Å². The van der Waals surface area contributed by atoms with E-state index in [1.54, 1.807) is 20.1 Å². The molecule has 3 N–H and O–H groups in total. The maximum absolute atomic E-state index is 14.0. The molecule has 0 bridgehead atoms. The van der Waals surface area contributed by atoms with Crippen molar-refractivity contribution in [2.45, 2.75) is 18.7 Å². The molecule has 3 aromatic rings. The molecule has 0 saturated heterocycles. The fourth-order valence-electron chi connectivity index (χ4n) is 2.90. The number of hydrogen-bond donors (Lipinski definition) is 3. The largest absolute Gasteiger partial charge is 0.497 e. The minimum Gasteiger partial charge on any atom is -0.497 e. The number of aromatic nitrogens is 2. The van der Waals surface area contributed by atoms with Gasteiger partial charge in [0.2, 0.25) is 16.0 Å². The van der Waals surface area contributed by atoms with Crippen molar-refractivity contribution >= 4 is 27.5 Å². The van der Waals surface area contributed by atoms with Crippen LogP contribution in [0, 0.1) is 12.7 Å². The average molecular weight is 476 g/mol. The van der Waals surface area contributed by atoms with Crippen molar-refractivity contribution < 1.29 is 22.3 Å². The van der Waals surface area contributed by atoms with Gasteiger partial charge in [0.15, 0.2) is 11.6 Å². The van der Waals surface area contributed by atoms with E-state index in [0.717, 1.165) is 23.2 Å². The highest BCUT2D eigenvalue weighted by molar-refractivity contribution is 7.89. The summed E-state index contributed by atoms with van der Waals surface area (Å²) in [6.45, 7) is 4.11. The molecule has 9 nitrogen and oxygen atoms in total. The summed E-state index contributed by atoms with van der Waals surface area (Å²) in [5.41, 5.74) is 1.56. The molecule has 3 rings (SSSR count). The molecule has 1 heterocycles. The molecule has 176 valence electrons. The first-order chi connectivity index (χ1) is 15.8. The van der Waals surface area contributed by atoms with Crippen LogP contribution in [0.25, 0.3) is 0 Å². The number of nitrogens with zero attached hydrogens (tertiary/aromatic N) is 2. The minimum atomic E-state index is -3.88. The number of sulfonamides is 1. The Hall–Kier alpha value is -3.44. The zero-order valence-corrected chi connectivity index (χ0v) is 19.4. The van der Waals surface area contributed by atoms with E-state index < -0.39 is 15.8 Å². The highest BCUT2D eigenvalue weighted by Gasteiger charge is 2.16. The van der Waals surface area contributed by atoms with Crippen molar-refractivity contribution in [3.05, 3.63) is 60.0 Å². The van der Waals surface area contributed by atoms with Crippen molar-refractivity contribution in [1.82, 2.24) is 14.7 Å². The first kappa shape index (κ1) is 24.2. The second-order valence-corrected chi connectivity index (χ2v) is 8.69. The van der Waals surface area contributed by atoms with Crippen molar-refractivity contribution in [1.29, 1.82) is 0 Å². The lowest BCUT2D eigenvalue weighted by atomic mass is 10.3. The summed E-state index contributed by atoms with van der Waals surface area (Å²) >= 11 is 0. The van der Waals surface area contributed by atoms with Crippen LogP contribution in [0.1, 0.15) is 12.6 Å². The number of halogens is 1. The van der Waals surface area contributed by atoms with Gasteiger partial charge in [0.25, 0.3) is 0 Å². The van der Waals surface area contributed by atoms with Gasteiger partial charge < -0.3 is 20.1 Å². The summed E-state index contributed by atoms with van der Waals surface area (Å²) in [4.78, 5) is 8.53. The van der Waals surface area contributed by atoms with Crippen LogP contribution in [0.4, 0.5) is 21.8 Å². The minimum absolute atomic E-state index is 0.00812. The van der Waals surface area contributed by atoms with Crippen molar-refractivity contribution in [3.63, 3.8) is 0 Å². The van der Waals surface area contributed by atoms with Gasteiger partial charge in [-0.25, -0.2) is 22.5 Å². The molecule has 0 spiro atoms. The summed E-state index contributed by atoms with van der Waals surface area (Å²) in [6, 6.07) is 12.7. The van der Waals surface area contributed by atoms with Gasteiger partial charge in [-0.15, -0.1) is 0 Å². The van der Waals surface area contributed by atoms with Crippen LogP contribution in [0.5, 0.6) is 11.5 Å². The fourth-order valence-corrected chi connectivity index (χ4v) is 3.94. The molecule has 0 radical (unpaired) electrons. The summed E-state index contributed by atoms with van der Waals surface area (Å²) in [6.07, 6.45) is 0. The van der Waals surface area contributed by atoms with Gasteiger partial charge in [-0.3, -0.25) is 0 Å². The maximum atomic E-state index is 14.0. The number of ether oxygens (including phenoxy) is 2. The van der Waals surface area contributed by atoms with Crippen LogP contribution >= 0.6 is 0 Å². The molecule has 0 aliphatic heterocycles. The Bertz CT molecular complexity index is 1190. The Morgan fingerprint density at radius 2 is 1.79 bits per heavy atom. The molecule has 0 fully saturated rings. The van der Waals surface area contributed by atoms with Crippen molar-refractivity contribution in [3.8, 4) is 11.5 Å². The molecular formula is C22H26FN5O4S. The molecule has 2 aromatic carbocycles. The number of rotatable bonds is 11. The molecule has 0 aliphatic carbocycles. The van der Waals surface area contributed by atoms with Crippen LogP contribution in [-0.2, 0) is 10.0 Å². The summed E-state index contributed by atoms with van der Waals surface area (Å²) in [5.74, 6) is 0.951. The first-order valence-electron chi connectivity index (χ1n) is 10.2. The van der Waals surface area contributed by atoms with E-state index in [2.05, 4.69) is 25.3 Å². The number of anilines is 3.